The molecule has 0 radical (unpaired) electrons. The number of benzene rings is 3. The van der Waals surface area contributed by atoms with Crippen LogP contribution >= 0.6 is 0 Å². The highest BCUT2D eigenvalue weighted by Crippen LogP contribution is 2.51. The molecule has 164 valence electrons. The summed E-state index contributed by atoms with van der Waals surface area (Å²) in [7, 11) is 0. The van der Waals surface area contributed by atoms with E-state index in [-0.39, 0.29) is 11.3 Å². The monoisotopic (exact) mass is 420 g/mol. The molecule has 0 spiro atoms. The van der Waals surface area contributed by atoms with Gasteiger partial charge in [0.05, 0.1) is 5.41 Å². The van der Waals surface area contributed by atoms with Gasteiger partial charge in [-0.2, -0.15) is 0 Å². The number of hydrogen-bond acceptors (Lipinski definition) is 0. The molecule has 1 aliphatic rings. The van der Waals surface area contributed by atoms with Crippen molar-refractivity contribution in [3.05, 3.63) is 128 Å². The quantitative estimate of drug-likeness (QED) is 0.363. The van der Waals surface area contributed by atoms with Gasteiger partial charge >= 0.3 is 0 Å². The molecular weight excluding hydrogens is 384 g/mol. The van der Waals surface area contributed by atoms with Crippen LogP contribution in [0.3, 0.4) is 0 Å². The fourth-order valence-corrected chi connectivity index (χ4v) is 5.92. The van der Waals surface area contributed by atoms with Gasteiger partial charge in [0.1, 0.15) is 0 Å². The molecule has 0 saturated carbocycles. The first-order valence-corrected chi connectivity index (χ1v) is 11.9. The maximum atomic E-state index is 2.44. The van der Waals surface area contributed by atoms with E-state index < -0.39 is 0 Å². The Hall–Kier alpha value is -2.86. The van der Waals surface area contributed by atoms with Crippen molar-refractivity contribution in [2.45, 2.75) is 60.3 Å². The Morgan fingerprint density at radius 3 is 1.22 bits per heavy atom. The van der Waals surface area contributed by atoms with Gasteiger partial charge in [-0.05, 0) is 64.7 Å². The molecule has 0 nitrogen and oxygen atoms in total. The summed E-state index contributed by atoms with van der Waals surface area (Å²) in [5.74, 6) is 0.288. The van der Waals surface area contributed by atoms with Crippen LogP contribution in [0.15, 0.2) is 78.4 Å². The molecule has 1 unspecified atom stereocenters. The normalized spacial score (nSPS) is 15.8. The lowest BCUT2D eigenvalue weighted by Crippen LogP contribution is -2.38. The summed E-state index contributed by atoms with van der Waals surface area (Å²) in [6.07, 6.45) is 8.10. The highest BCUT2D eigenvalue weighted by atomic mass is 14.5. The largest absolute Gasteiger partial charge is 0.0758 e. The van der Waals surface area contributed by atoms with Crippen molar-refractivity contribution in [2.24, 2.45) is 5.92 Å². The van der Waals surface area contributed by atoms with Crippen molar-refractivity contribution in [1.29, 1.82) is 0 Å². The van der Waals surface area contributed by atoms with E-state index >= 15 is 0 Å². The van der Waals surface area contributed by atoms with Gasteiger partial charge in [0.25, 0.3) is 0 Å². The number of hydrogen-bond donors (Lipinski definition) is 0. The lowest BCUT2D eigenvalue weighted by molar-refractivity contribution is 0.496. The molecule has 0 N–H and O–H groups in total. The molecule has 0 fully saturated rings. The van der Waals surface area contributed by atoms with Crippen LogP contribution in [0.4, 0.5) is 0 Å². The molecule has 0 bridgehead atoms. The van der Waals surface area contributed by atoms with Gasteiger partial charge in [0, 0.05) is 5.92 Å². The van der Waals surface area contributed by atoms with Crippen molar-refractivity contribution in [2.75, 3.05) is 0 Å². The second kappa shape index (κ2) is 8.58. The smallest absolute Gasteiger partial charge is 0.0551 e. The number of allylic oxidation sites excluding steroid dienone is 4. The summed E-state index contributed by atoms with van der Waals surface area (Å²) < 4.78 is 0. The summed E-state index contributed by atoms with van der Waals surface area (Å²) >= 11 is 0. The van der Waals surface area contributed by atoms with Crippen LogP contribution in [0.25, 0.3) is 0 Å². The Morgan fingerprint density at radius 1 is 0.562 bits per heavy atom. The first-order valence-electron chi connectivity index (χ1n) is 11.9. The van der Waals surface area contributed by atoms with Crippen molar-refractivity contribution in [1.82, 2.24) is 0 Å². The second-order valence-electron chi connectivity index (χ2n) is 9.89. The van der Waals surface area contributed by atoms with Crippen molar-refractivity contribution in [3.63, 3.8) is 0 Å². The third kappa shape index (κ3) is 3.88. The van der Waals surface area contributed by atoms with E-state index in [0.717, 1.165) is 6.42 Å². The highest BCUT2D eigenvalue weighted by molar-refractivity contribution is 5.59. The minimum absolute atomic E-state index is 0.279. The third-order valence-electron chi connectivity index (χ3n) is 6.92. The SMILES string of the molecule is CCC1=CC=CC1C(c1cc(C)cc(C)c1)(c1cc(C)cc(C)c1)c1cc(C)cc(C)c1. The summed E-state index contributed by atoms with van der Waals surface area (Å²) in [4.78, 5) is 0. The average Bonchev–Trinajstić information content (AvgIpc) is 3.15. The molecule has 0 heterocycles. The van der Waals surface area contributed by atoms with Gasteiger partial charge in [-0.3, -0.25) is 0 Å². The Balaban J connectivity index is 2.20. The molecule has 0 aromatic heterocycles. The minimum atomic E-state index is -0.279. The zero-order chi connectivity index (χ0) is 23.0. The van der Waals surface area contributed by atoms with E-state index in [1.54, 1.807) is 0 Å². The lowest BCUT2D eigenvalue weighted by atomic mass is 9.59. The molecular formula is C32H36. The number of rotatable bonds is 5. The standard InChI is InChI=1S/C32H36/c1-8-27-10-9-11-31(27)32(28-15-21(2)12-22(3)16-28,29-17-23(4)13-24(5)18-29)30-19-25(6)14-26(7)20-30/h9-20,31H,8H2,1-7H3. The molecule has 1 atom stereocenters. The van der Waals surface area contributed by atoms with Crippen LogP contribution < -0.4 is 0 Å². The summed E-state index contributed by atoms with van der Waals surface area (Å²) in [5, 5.41) is 0. The molecule has 32 heavy (non-hydrogen) atoms. The van der Waals surface area contributed by atoms with Crippen LogP contribution in [0, 0.1) is 47.5 Å². The zero-order valence-corrected chi connectivity index (χ0v) is 20.7. The first-order chi connectivity index (χ1) is 15.2. The molecule has 3 aromatic carbocycles. The van der Waals surface area contributed by atoms with Gasteiger partial charge in [-0.25, -0.2) is 0 Å². The van der Waals surface area contributed by atoms with Crippen LogP contribution in [-0.4, -0.2) is 0 Å². The maximum absolute atomic E-state index is 2.44. The average molecular weight is 421 g/mol. The lowest BCUT2D eigenvalue weighted by Gasteiger charge is -2.43. The van der Waals surface area contributed by atoms with E-state index in [2.05, 4.69) is 121 Å². The van der Waals surface area contributed by atoms with Crippen LogP contribution in [0.5, 0.6) is 0 Å². The summed E-state index contributed by atoms with van der Waals surface area (Å²) in [6.45, 7) is 15.7. The predicted octanol–water partition coefficient (Wildman–Crippen LogP) is 8.39. The molecule has 3 aromatic rings. The van der Waals surface area contributed by atoms with E-state index in [4.69, 9.17) is 0 Å². The summed E-state index contributed by atoms with van der Waals surface area (Å²) in [6, 6.07) is 21.4. The second-order valence-corrected chi connectivity index (χ2v) is 9.89. The van der Waals surface area contributed by atoms with Gasteiger partial charge in [-0.1, -0.05) is 119 Å². The van der Waals surface area contributed by atoms with E-state index in [1.807, 2.05) is 0 Å². The van der Waals surface area contributed by atoms with Gasteiger partial charge < -0.3 is 0 Å². The Bertz CT molecular complexity index is 1030. The zero-order valence-electron chi connectivity index (χ0n) is 20.7. The highest BCUT2D eigenvalue weighted by Gasteiger charge is 2.45. The minimum Gasteiger partial charge on any atom is -0.0758 e. The Labute approximate surface area is 194 Å². The van der Waals surface area contributed by atoms with E-state index in [1.165, 1.54) is 55.6 Å². The predicted molar refractivity (Wildman–Crippen MR) is 139 cm³/mol. The first kappa shape index (κ1) is 22.3. The fraction of sp³-hybridized carbons (Fsp3) is 0.312. The van der Waals surface area contributed by atoms with Crippen LogP contribution in [0.1, 0.15) is 63.4 Å². The van der Waals surface area contributed by atoms with Crippen molar-refractivity contribution >= 4 is 0 Å². The molecule has 0 aliphatic heterocycles. The Kier molecular flexibility index (Phi) is 5.99. The van der Waals surface area contributed by atoms with Crippen LogP contribution in [-0.2, 0) is 5.41 Å². The molecule has 0 amide bonds. The Morgan fingerprint density at radius 2 is 0.906 bits per heavy atom. The fourth-order valence-electron chi connectivity index (χ4n) is 5.92. The molecule has 0 saturated heterocycles. The molecule has 0 heteroatoms. The van der Waals surface area contributed by atoms with E-state index in [0.29, 0.717) is 0 Å². The molecule has 4 rings (SSSR count). The van der Waals surface area contributed by atoms with Gasteiger partial charge in [0.2, 0.25) is 0 Å². The van der Waals surface area contributed by atoms with Gasteiger partial charge in [0.15, 0.2) is 0 Å². The third-order valence-corrected chi connectivity index (χ3v) is 6.92. The van der Waals surface area contributed by atoms with Crippen molar-refractivity contribution in [3.8, 4) is 0 Å². The van der Waals surface area contributed by atoms with Crippen LogP contribution in [0.2, 0.25) is 0 Å². The topological polar surface area (TPSA) is 0 Å². The maximum Gasteiger partial charge on any atom is 0.0551 e. The molecule has 1 aliphatic carbocycles. The number of aryl methyl sites for hydroxylation is 6. The summed E-state index contributed by atoms with van der Waals surface area (Å²) in [5.41, 5.74) is 13.3. The van der Waals surface area contributed by atoms with E-state index in [9.17, 15) is 0 Å². The van der Waals surface area contributed by atoms with Crippen molar-refractivity contribution < 1.29 is 0 Å². The van der Waals surface area contributed by atoms with Gasteiger partial charge in [-0.15, -0.1) is 0 Å².